The molecule has 3 rings (SSSR count). The molecule has 0 unspecified atom stereocenters. The summed E-state index contributed by atoms with van der Waals surface area (Å²) < 4.78 is 27.1. The summed E-state index contributed by atoms with van der Waals surface area (Å²) in [6, 6.07) is 8.45. The molecular formula is C20H21ClO6. The maximum absolute atomic E-state index is 12.4. The van der Waals surface area contributed by atoms with Crippen LogP contribution in [-0.2, 0) is 22.7 Å². The Morgan fingerprint density at radius 2 is 2.07 bits per heavy atom. The van der Waals surface area contributed by atoms with E-state index in [0.717, 1.165) is 12.0 Å². The topological polar surface area (TPSA) is 63.2 Å². The van der Waals surface area contributed by atoms with E-state index < -0.39 is 5.97 Å². The van der Waals surface area contributed by atoms with E-state index in [9.17, 15) is 4.79 Å². The van der Waals surface area contributed by atoms with E-state index in [1.807, 2.05) is 6.92 Å². The molecule has 0 bridgehead atoms. The van der Waals surface area contributed by atoms with Crippen LogP contribution >= 0.6 is 11.6 Å². The normalized spacial score (nSPS) is 12.7. The molecule has 0 N–H and O–H groups in total. The second-order valence-corrected chi connectivity index (χ2v) is 6.39. The Hall–Kier alpha value is -2.44. The number of esters is 1. The minimum atomic E-state index is -0.476. The molecular weight excluding hydrogens is 372 g/mol. The lowest BCUT2D eigenvalue weighted by Crippen LogP contribution is -2.14. The molecule has 144 valence electrons. The van der Waals surface area contributed by atoms with Crippen molar-refractivity contribution in [1.82, 2.24) is 0 Å². The van der Waals surface area contributed by atoms with Crippen LogP contribution in [-0.4, -0.2) is 26.5 Å². The van der Waals surface area contributed by atoms with Crippen molar-refractivity contribution in [1.29, 1.82) is 0 Å². The highest BCUT2D eigenvalue weighted by Crippen LogP contribution is 2.33. The summed E-state index contributed by atoms with van der Waals surface area (Å²) in [5, 5.41) is 0.535. The monoisotopic (exact) mass is 392 g/mol. The van der Waals surface area contributed by atoms with E-state index in [4.69, 9.17) is 35.3 Å². The number of ether oxygens (including phenoxy) is 5. The number of hydrogen-bond acceptors (Lipinski definition) is 6. The van der Waals surface area contributed by atoms with Crippen molar-refractivity contribution in [2.75, 3.05) is 20.5 Å². The Morgan fingerprint density at radius 1 is 1.22 bits per heavy atom. The highest BCUT2D eigenvalue weighted by Gasteiger charge is 2.18. The summed E-state index contributed by atoms with van der Waals surface area (Å²) in [6.45, 7) is 3.20. The van der Waals surface area contributed by atoms with E-state index in [1.54, 1.807) is 30.3 Å². The van der Waals surface area contributed by atoms with Crippen LogP contribution in [0.5, 0.6) is 17.2 Å². The first kappa shape index (κ1) is 19.3. The first-order chi connectivity index (χ1) is 13.1. The summed E-state index contributed by atoms with van der Waals surface area (Å²) in [6.07, 6.45) is 0.879. The van der Waals surface area contributed by atoms with Gasteiger partial charge >= 0.3 is 5.97 Å². The van der Waals surface area contributed by atoms with Crippen molar-refractivity contribution >= 4 is 17.6 Å². The minimum absolute atomic E-state index is 0.0398. The number of carbonyl (C=O) groups excluding carboxylic acids is 1. The number of benzene rings is 2. The Bertz CT molecular complexity index is 820. The first-order valence-corrected chi connectivity index (χ1v) is 9.00. The van der Waals surface area contributed by atoms with Gasteiger partial charge in [-0.1, -0.05) is 18.5 Å². The fourth-order valence-corrected chi connectivity index (χ4v) is 2.98. The zero-order valence-corrected chi connectivity index (χ0v) is 16.0. The molecule has 0 saturated heterocycles. The third-order valence-electron chi connectivity index (χ3n) is 3.97. The molecule has 0 saturated carbocycles. The summed E-state index contributed by atoms with van der Waals surface area (Å²) >= 11 is 6.13. The Balaban J connectivity index is 1.72. The van der Waals surface area contributed by atoms with Crippen LogP contribution in [0.3, 0.4) is 0 Å². The smallest absolute Gasteiger partial charge is 0.338 e. The van der Waals surface area contributed by atoms with Crippen molar-refractivity contribution in [2.24, 2.45) is 0 Å². The largest absolute Gasteiger partial charge is 0.493 e. The molecule has 1 aliphatic rings. The summed E-state index contributed by atoms with van der Waals surface area (Å²) in [5.74, 6) is 1.25. The fourth-order valence-electron chi connectivity index (χ4n) is 2.72. The molecule has 0 aromatic heterocycles. The number of carbonyl (C=O) groups is 1. The standard InChI is InChI=1S/C20H21ClO6/c1-3-6-25-17-5-4-13(9-18(17)23-2)20(22)26-11-15-8-16(21)7-14-10-24-12-27-19(14)15/h4-5,7-9H,3,6,10-12H2,1-2H3. The molecule has 1 heterocycles. The zero-order valence-electron chi connectivity index (χ0n) is 15.2. The van der Waals surface area contributed by atoms with Gasteiger partial charge < -0.3 is 23.7 Å². The highest BCUT2D eigenvalue weighted by molar-refractivity contribution is 6.30. The van der Waals surface area contributed by atoms with E-state index in [1.165, 1.54) is 7.11 Å². The predicted molar refractivity (Wildman–Crippen MR) is 99.6 cm³/mol. The quantitative estimate of drug-likeness (QED) is 0.652. The van der Waals surface area contributed by atoms with Gasteiger partial charge in [0.15, 0.2) is 18.3 Å². The number of halogens is 1. The average molecular weight is 393 g/mol. The van der Waals surface area contributed by atoms with Crippen molar-refractivity contribution in [2.45, 2.75) is 26.6 Å². The van der Waals surface area contributed by atoms with Gasteiger partial charge in [0.25, 0.3) is 0 Å². The molecule has 27 heavy (non-hydrogen) atoms. The van der Waals surface area contributed by atoms with Crippen LogP contribution in [0.2, 0.25) is 5.02 Å². The van der Waals surface area contributed by atoms with E-state index >= 15 is 0 Å². The van der Waals surface area contributed by atoms with Crippen molar-refractivity contribution < 1.29 is 28.5 Å². The highest BCUT2D eigenvalue weighted by atomic mass is 35.5. The van der Waals surface area contributed by atoms with Gasteiger partial charge in [0, 0.05) is 16.1 Å². The molecule has 6 nitrogen and oxygen atoms in total. The number of rotatable bonds is 7. The number of methoxy groups -OCH3 is 1. The Morgan fingerprint density at radius 3 is 2.85 bits per heavy atom. The average Bonchev–Trinajstić information content (AvgIpc) is 2.69. The first-order valence-electron chi connectivity index (χ1n) is 8.62. The van der Waals surface area contributed by atoms with Gasteiger partial charge in [-0.3, -0.25) is 0 Å². The molecule has 0 amide bonds. The second-order valence-electron chi connectivity index (χ2n) is 5.95. The molecule has 0 spiro atoms. The lowest BCUT2D eigenvalue weighted by atomic mass is 10.1. The third kappa shape index (κ3) is 4.64. The summed E-state index contributed by atoms with van der Waals surface area (Å²) in [5.41, 5.74) is 1.90. The maximum atomic E-state index is 12.4. The minimum Gasteiger partial charge on any atom is -0.493 e. The van der Waals surface area contributed by atoms with Gasteiger partial charge in [-0.05, 0) is 36.8 Å². The van der Waals surface area contributed by atoms with Gasteiger partial charge in [-0.15, -0.1) is 0 Å². The third-order valence-corrected chi connectivity index (χ3v) is 4.19. The molecule has 0 fully saturated rings. The zero-order chi connectivity index (χ0) is 19.2. The van der Waals surface area contributed by atoms with E-state index in [2.05, 4.69) is 0 Å². The van der Waals surface area contributed by atoms with E-state index in [-0.39, 0.29) is 13.4 Å². The van der Waals surface area contributed by atoms with Crippen molar-refractivity contribution in [3.63, 3.8) is 0 Å². The van der Waals surface area contributed by atoms with Gasteiger partial charge in [0.2, 0.25) is 0 Å². The van der Waals surface area contributed by atoms with Crippen LogP contribution in [0.15, 0.2) is 30.3 Å². The van der Waals surface area contributed by atoms with Crippen molar-refractivity contribution in [3.05, 3.63) is 52.0 Å². The number of hydrogen-bond donors (Lipinski definition) is 0. The van der Waals surface area contributed by atoms with Crippen LogP contribution in [0.1, 0.15) is 34.8 Å². The van der Waals surface area contributed by atoms with Gasteiger partial charge in [0.1, 0.15) is 12.4 Å². The molecule has 2 aromatic rings. The summed E-state index contributed by atoms with van der Waals surface area (Å²) in [7, 11) is 1.53. The molecule has 0 aliphatic carbocycles. The van der Waals surface area contributed by atoms with Crippen molar-refractivity contribution in [3.8, 4) is 17.2 Å². The van der Waals surface area contributed by atoms with Gasteiger partial charge in [-0.25, -0.2) is 4.79 Å². The molecule has 0 radical (unpaired) electrons. The predicted octanol–water partition coefficient (Wildman–Crippen LogP) is 4.36. The summed E-state index contributed by atoms with van der Waals surface area (Å²) in [4.78, 5) is 12.4. The van der Waals surface area contributed by atoms with Gasteiger partial charge in [-0.2, -0.15) is 0 Å². The Labute approximate surface area is 162 Å². The van der Waals surface area contributed by atoms with Crippen LogP contribution in [0.4, 0.5) is 0 Å². The lowest BCUT2D eigenvalue weighted by molar-refractivity contribution is -0.0180. The van der Waals surface area contributed by atoms with E-state index in [0.29, 0.717) is 46.6 Å². The molecule has 0 atom stereocenters. The Kier molecular flexibility index (Phi) is 6.42. The second kappa shape index (κ2) is 8.97. The molecule has 7 heteroatoms. The SMILES string of the molecule is CCCOc1ccc(C(=O)OCc2cc(Cl)cc3c2OCOC3)cc1OC. The molecule has 2 aromatic carbocycles. The maximum Gasteiger partial charge on any atom is 0.338 e. The fraction of sp³-hybridized carbons (Fsp3) is 0.350. The molecule has 1 aliphatic heterocycles. The van der Waals surface area contributed by atoms with Crippen LogP contribution in [0, 0.1) is 0 Å². The lowest BCUT2D eigenvalue weighted by Gasteiger charge is -2.21. The van der Waals surface area contributed by atoms with Crippen LogP contribution in [0.25, 0.3) is 0 Å². The number of fused-ring (bicyclic) bond motifs is 1. The van der Waals surface area contributed by atoms with Crippen LogP contribution < -0.4 is 14.2 Å². The van der Waals surface area contributed by atoms with Gasteiger partial charge in [0.05, 0.1) is 25.9 Å².